The van der Waals surface area contributed by atoms with Gasteiger partial charge in [0.15, 0.2) is 18.1 Å². The lowest BCUT2D eigenvalue weighted by Gasteiger charge is -2.39. The van der Waals surface area contributed by atoms with Crippen LogP contribution in [-0.2, 0) is 4.74 Å². The van der Waals surface area contributed by atoms with Gasteiger partial charge in [-0.3, -0.25) is 20.2 Å². The Kier molecular flexibility index (Phi) is 6.62. The molecule has 0 spiro atoms. The van der Waals surface area contributed by atoms with Crippen LogP contribution in [0.4, 0.5) is 22.7 Å². The van der Waals surface area contributed by atoms with Crippen LogP contribution in [0.5, 0.6) is 5.75 Å². The van der Waals surface area contributed by atoms with Gasteiger partial charge in [-0.1, -0.05) is 0 Å². The van der Waals surface area contributed by atoms with Crippen molar-refractivity contribution >= 4 is 22.7 Å². The van der Waals surface area contributed by atoms with Crippen molar-refractivity contribution in [2.24, 2.45) is 0 Å². The normalized spacial score (nSPS) is 25.6. The van der Waals surface area contributed by atoms with Gasteiger partial charge in [-0.25, -0.2) is 0 Å². The second kappa shape index (κ2) is 9.20. The smallest absolute Gasteiger partial charge is 0.299 e. The first-order chi connectivity index (χ1) is 14.7. The van der Waals surface area contributed by atoms with E-state index >= 15 is 0 Å². The van der Waals surface area contributed by atoms with Crippen LogP contribution in [0, 0.1) is 20.2 Å². The predicted octanol–water partition coefficient (Wildman–Crippen LogP) is 0.425. The number of ether oxygens (including phenoxy) is 2. The lowest BCUT2D eigenvalue weighted by molar-refractivity contribution is -0.392. The van der Waals surface area contributed by atoms with Crippen molar-refractivity contribution in [3.05, 3.63) is 62.7 Å². The van der Waals surface area contributed by atoms with Crippen molar-refractivity contribution in [1.82, 2.24) is 0 Å². The Morgan fingerprint density at radius 2 is 1.55 bits per heavy atom. The number of aliphatic hydroxyl groups excluding tert-OH is 4. The zero-order valence-corrected chi connectivity index (χ0v) is 15.8. The second-order valence-electron chi connectivity index (χ2n) is 6.65. The molecule has 0 aliphatic carbocycles. The van der Waals surface area contributed by atoms with Crippen molar-refractivity contribution < 1.29 is 39.7 Å². The maximum absolute atomic E-state index is 11.2. The van der Waals surface area contributed by atoms with Gasteiger partial charge in [0.05, 0.1) is 16.5 Å². The van der Waals surface area contributed by atoms with Crippen molar-refractivity contribution in [1.29, 1.82) is 0 Å². The molecule has 0 radical (unpaired) electrons. The number of nitrogens with zero attached hydrogens (tertiary/aromatic N) is 2. The fraction of sp³-hybridized carbons (Fsp3) is 0.333. The number of rotatable bonds is 7. The number of para-hydroxylation sites is 1. The largest absolute Gasteiger partial charge is 0.482 e. The Labute approximate surface area is 174 Å². The second-order valence-corrected chi connectivity index (χ2v) is 6.65. The van der Waals surface area contributed by atoms with E-state index in [4.69, 9.17) is 14.6 Å². The van der Waals surface area contributed by atoms with Gasteiger partial charge >= 0.3 is 0 Å². The van der Waals surface area contributed by atoms with Crippen LogP contribution < -0.4 is 10.1 Å². The molecule has 1 aliphatic rings. The van der Waals surface area contributed by atoms with Gasteiger partial charge in [0.25, 0.3) is 11.4 Å². The van der Waals surface area contributed by atoms with Crippen molar-refractivity contribution in [2.45, 2.75) is 30.7 Å². The van der Waals surface area contributed by atoms with Crippen LogP contribution in [0.2, 0.25) is 0 Å². The van der Waals surface area contributed by atoms with E-state index in [1.807, 2.05) is 0 Å². The van der Waals surface area contributed by atoms with E-state index in [2.05, 4.69) is 5.32 Å². The van der Waals surface area contributed by atoms with Gasteiger partial charge in [-0.15, -0.1) is 0 Å². The highest BCUT2D eigenvalue weighted by atomic mass is 16.7. The van der Waals surface area contributed by atoms with Crippen molar-refractivity contribution in [3.8, 4) is 5.75 Å². The summed E-state index contributed by atoms with van der Waals surface area (Å²) >= 11 is 0. The molecule has 13 nitrogen and oxygen atoms in total. The van der Waals surface area contributed by atoms with Gasteiger partial charge in [-0.05, 0) is 30.3 Å². The minimum atomic E-state index is -1.62. The van der Waals surface area contributed by atoms with Gasteiger partial charge in [-0.2, -0.15) is 0 Å². The minimum Gasteiger partial charge on any atom is -0.482 e. The van der Waals surface area contributed by atoms with E-state index in [9.17, 15) is 35.5 Å². The predicted molar refractivity (Wildman–Crippen MR) is 104 cm³/mol. The first-order valence-electron chi connectivity index (χ1n) is 8.99. The number of aliphatic hydroxyl groups is 4. The maximum atomic E-state index is 11.2. The summed E-state index contributed by atoms with van der Waals surface area (Å²) in [5, 5.41) is 64.2. The van der Waals surface area contributed by atoms with E-state index in [0.29, 0.717) is 0 Å². The summed E-state index contributed by atoms with van der Waals surface area (Å²) in [4.78, 5) is 21.0. The summed E-state index contributed by atoms with van der Waals surface area (Å²) in [5.74, 6) is 0.143. The number of nitrogens with one attached hydrogen (secondary N) is 1. The topological polar surface area (TPSA) is 198 Å². The highest BCUT2D eigenvalue weighted by Gasteiger charge is 2.45. The number of nitro groups is 2. The molecular weight excluding hydrogens is 418 g/mol. The number of benzene rings is 2. The average Bonchev–Trinajstić information content (AvgIpc) is 2.74. The van der Waals surface area contributed by atoms with Crippen molar-refractivity contribution in [2.75, 3.05) is 11.9 Å². The number of anilines is 2. The summed E-state index contributed by atoms with van der Waals surface area (Å²) in [6, 6.07) is 9.04. The molecule has 2 aromatic carbocycles. The number of hydrogen-bond donors (Lipinski definition) is 5. The highest BCUT2D eigenvalue weighted by molar-refractivity contribution is 5.78. The van der Waals surface area contributed by atoms with Crippen LogP contribution in [-0.4, -0.2) is 67.6 Å². The summed E-state index contributed by atoms with van der Waals surface area (Å²) in [7, 11) is 0. The third kappa shape index (κ3) is 4.70. The molecule has 1 saturated heterocycles. The Morgan fingerprint density at radius 3 is 2.06 bits per heavy atom. The Bertz CT molecular complexity index is 922. The average molecular weight is 437 g/mol. The third-order valence-electron chi connectivity index (χ3n) is 4.65. The summed E-state index contributed by atoms with van der Waals surface area (Å²) < 4.78 is 10.5. The number of nitro benzene ring substituents is 2. The van der Waals surface area contributed by atoms with Gasteiger partial charge < -0.3 is 35.2 Å². The van der Waals surface area contributed by atoms with Crippen LogP contribution in [0.1, 0.15) is 0 Å². The molecule has 0 amide bonds. The van der Waals surface area contributed by atoms with Gasteiger partial charge in [0.1, 0.15) is 24.1 Å². The van der Waals surface area contributed by atoms with Crippen LogP contribution in [0.3, 0.4) is 0 Å². The molecule has 3 rings (SSSR count). The van der Waals surface area contributed by atoms with Gasteiger partial charge in [0.2, 0.25) is 0 Å². The van der Waals surface area contributed by atoms with Gasteiger partial charge in [0, 0.05) is 17.8 Å². The molecule has 0 aromatic heterocycles. The SMILES string of the molecule is O=[N+]([O-])c1cccc([N+](=O)[O-])c1Nc1ccc(O[C@@H]2[C@@H](O)[C@H](O)[C@@H](CO)O[C@@H]2O)cc1. The lowest BCUT2D eigenvalue weighted by Crippen LogP contribution is -2.60. The molecule has 0 bridgehead atoms. The third-order valence-corrected chi connectivity index (χ3v) is 4.65. The maximum Gasteiger partial charge on any atom is 0.299 e. The lowest BCUT2D eigenvalue weighted by atomic mass is 9.99. The number of hydrogen-bond acceptors (Lipinski definition) is 11. The first-order valence-corrected chi connectivity index (χ1v) is 8.99. The Morgan fingerprint density at radius 1 is 0.968 bits per heavy atom. The summed E-state index contributed by atoms with van der Waals surface area (Å²) in [6.07, 6.45) is -7.18. The molecule has 0 unspecified atom stereocenters. The molecule has 2 aromatic rings. The summed E-state index contributed by atoms with van der Waals surface area (Å²) in [6.45, 7) is -0.611. The first kappa shape index (κ1) is 22.3. The monoisotopic (exact) mass is 437 g/mol. The molecule has 31 heavy (non-hydrogen) atoms. The molecule has 1 fully saturated rings. The molecule has 1 heterocycles. The van der Waals surface area contributed by atoms with E-state index in [1.54, 1.807) is 0 Å². The zero-order chi connectivity index (χ0) is 22.7. The Hall–Kier alpha value is -3.36. The molecule has 5 atom stereocenters. The highest BCUT2D eigenvalue weighted by Crippen LogP contribution is 2.36. The van der Waals surface area contributed by atoms with Crippen molar-refractivity contribution in [3.63, 3.8) is 0 Å². The minimum absolute atomic E-state index is 0.143. The molecule has 166 valence electrons. The summed E-state index contributed by atoms with van der Waals surface area (Å²) in [5.41, 5.74) is -0.984. The van der Waals surface area contributed by atoms with Crippen LogP contribution in [0.25, 0.3) is 0 Å². The zero-order valence-electron chi connectivity index (χ0n) is 15.8. The fourth-order valence-corrected chi connectivity index (χ4v) is 3.08. The molecule has 1 aliphatic heterocycles. The van der Waals surface area contributed by atoms with E-state index in [1.165, 1.54) is 30.3 Å². The van der Waals surface area contributed by atoms with E-state index in [-0.39, 0.29) is 17.1 Å². The molecule has 13 heteroatoms. The van der Waals surface area contributed by atoms with E-state index in [0.717, 1.165) is 12.1 Å². The standard InChI is InChI=1S/C18H19N3O10/c22-8-13-15(23)16(24)17(18(25)31-13)30-10-6-4-9(5-7-10)19-14-11(20(26)27)2-1-3-12(14)21(28)29/h1-7,13,15-19,22-25H,8H2/t13-,15-,16+,17-,18+/m1/s1. The fourth-order valence-electron chi connectivity index (χ4n) is 3.08. The Balaban J connectivity index is 1.78. The molecule has 0 saturated carbocycles. The quantitative estimate of drug-likeness (QED) is 0.297. The molecule has 5 N–H and O–H groups in total. The van der Waals surface area contributed by atoms with Crippen LogP contribution in [0.15, 0.2) is 42.5 Å². The van der Waals surface area contributed by atoms with Crippen LogP contribution >= 0.6 is 0 Å². The molecular formula is C18H19N3O10. The van der Waals surface area contributed by atoms with E-state index < -0.39 is 58.5 Å².